The van der Waals surface area contributed by atoms with E-state index >= 15 is 0 Å². The maximum Gasteiger partial charge on any atom is 0.261 e. The van der Waals surface area contributed by atoms with Crippen LogP contribution in [0.15, 0.2) is 11.4 Å². The van der Waals surface area contributed by atoms with Crippen LogP contribution in [-0.2, 0) is 17.1 Å². The molecule has 0 aliphatic heterocycles. The minimum atomic E-state index is -3.78. The number of nitrogens with zero attached hydrogens (tertiary/aromatic N) is 2. The van der Waals surface area contributed by atoms with Gasteiger partial charge in [0.1, 0.15) is 5.15 Å². The first-order valence-corrected chi connectivity index (χ1v) is 6.38. The molecule has 0 saturated heterocycles. The molecule has 0 radical (unpaired) electrons. The number of imidazole rings is 1. The Bertz CT molecular complexity index is 475. The van der Waals surface area contributed by atoms with Gasteiger partial charge in [-0.05, 0) is 13.8 Å². The molecule has 6 nitrogen and oxygen atoms in total. The van der Waals surface area contributed by atoms with E-state index < -0.39 is 15.6 Å². The van der Waals surface area contributed by atoms with Gasteiger partial charge >= 0.3 is 0 Å². The van der Waals surface area contributed by atoms with E-state index in [4.69, 9.17) is 11.6 Å². The molecule has 1 heterocycles. The molecule has 0 aliphatic carbocycles. The average molecular weight is 268 g/mol. The Kier molecular flexibility index (Phi) is 3.63. The predicted octanol–water partition coefficient (Wildman–Crippen LogP) is 0.123. The fraction of sp³-hybridized carbons (Fsp3) is 0.625. The minimum absolute atomic E-state index is 0.0308. The van der Waals surface area contributed by atoms with Crippen LogP contribution in [-0.4, -0.2) is 35.2 Å². The lowest BCUT2D eigenvalue weighted by atomic mass is 10.1. The van der Waals surface area contributed by atoms with E-state index in [0.29, 0.717) is 0 Å². The molecule has 0 spiro atoms. The van der Waals surface area contributed by atoms with E-state index in [-0.39, 0.29) is 16.7 Å². The molecule has 1 aromatic rings. The minimum Gasteiger partial charge on any atom is -0.389 e. The summed E-state index contributed by atoms with van der Waals surface area (Å²) in [4.78, 5) is 3.69. The maximum absolute atomic E-state index is 11.7. The van der Waals surface area contributed by atoms with Crippen molar-refractivity contribution in [2.24, 2.45) is 7.05 Å². The van der Waals surface area contributed by atoms with E-state index in [1.165, 1.54) is 24.7 Å². The van der Waals surface area contributed by atoms with Gasteiger partial charge < -0.3 is 9.67 Å². The van der Waals surface area contributed by atoms with Crippen molar-refractivity contribution >= 4 is 21.6 Å². The highest BCUT2D eigenvalue weighted by Gasteiger charge is 2.24. The topological polar surface area (TPSA) is 84.2 Å². The normalized spacial score (nSPS) is 13.1. The molecule has 0 aromatic carbocycles. The summed E-state index contributed by atoms with van der Waals surface area (Å²) in [6.07, 6.45) is 1.31. The number of nitrogens with one attached hydrogen (secondary N) is 1. The maximum atomic E-state index is 11.7. The predicted molar refractivity (Wildman–Crippen MR) is 59.7 cm³/mol. The van der Waals surface area contributed by atoms with Crippen molar-refractivity contribution in [2.75, 3.05) is 6.54 Å². The third-order valence-electron chi connectivity index (χ3n) is 1.78. The lowest BCUT2D eigenvalue weighted by molar-refractivity contribution is 0.0857. The van der Waals surface area contributed by atoms with Gasteiger partial charge in [0.15, 0.2) is 0 Å². The van der Waals surface area contributed by atoms with Gasteiger partial charge in [-0.1, -0.05) is 11.6 Å². The molecule has 0 atom stereocenters. The van der Waals surface area contributed by atoms with E-state index in [1.807, 2.05) is 0 Å². The van der Waals surface area contributed by atoms with Crippen LogP contribution in [0.1, 0.15) is 13.8 Å². The molecule has 0 fully saturated rings. The number of sulfonamides is 1. The van der Waals surface area contributed by atoms with Crippen LogP contribution in [0.2, 0.25) is 5.15 Å². The second kappa shape index (κ2) is 4.33. The van der Waals surface area contributed by atoms with Crippen LogP contribution >= 0.6 is 11.6 Å². The van der Waals surface area contributed by atoms with Gasteiger partial charge in [0.2, 0.25) is 5.03 Å². The fourth-order valence-electron chi connectivity index (χ4n) is 0.914. The van der Waals surface area contributed by atoms with Crippen molar-refractivity contribution in [3.05, 3.63) is 11.5 Å². The number of rotatable bonds is 4. The van der Waals surface area contributed by atoms with Crippen molar-refractivity contribution < 1.29 is 13.5 Å². The van der Waals surface area contributed by atoms with Crippen molar-refractivity contribution in [2.45, 2.75) is 24.5 Å². The zero-order valence-corrected chi connectivity index (χ0v) is 10.8. The molecule has 2 N–H and O–H groups in total. The molecular formula is C8H14ClN3O3S. The Morgan fingerprint density at radius 2 is 2.19 bits per heavy atom. The van der Waals surface area contributed by atoms with Crippen molar-refractivity contribution in [1.29, 1.82) is 0 Å². The molecule has 16 heavy (non-hydrogen) atoms. The van der Waals surface area contributed by atoms with Crippen LogP contribution < -0.4 is 4.72 Å². The third kappa shape index (κ3) is 3.18. The number of aromatic nitrogens is 2. The fourth-order valence-corrected chi connectivity index (χ4v) is 2.54. The summed E-state index contributed by atoms with van der Waals surface area (Å²) in [7, 11) is -2.19. The molecule has 0 saturated carbocycles. The van der Waals surface area contributed by atoms with Gasteiger partial charge in [0.25, 0.3) is 10.0 Å². The van der Waals surface area contributed by atoms with Gasteiger partial charge in [0, 0.05) is 13.6 Å². The Morgan fingerprint density at radius 3 is 2.56 bits per heavy atom. The lowest BCUT2D eigenvalue weighted by Crippen LogP contribution is -2.38. The van der Waals surface area contributed by atoms with Gasteiger partial charge in [-0.15, -0.1) is 0 Å². The van der Waals surface area contributed by atoms with Gasteiger partial charge in [-0.2, -0.15) is 0 Å². The molecular weight excluding hydrogens is 254 g/mol. The van der Waals surface area contributed by atoms with Gasteiger partial charge in [-0.3, -0.25) is 0 Å². The molecule has 0 unspecified atom stereocenters. The lowest BCUT2D eigenvalue weighted by Gasteiger charge is -2.17. The molecule has 0 amide bonds. The summed E-state index contributed by atoms with van der Waals surface area (Å²) >= 11 is 5.76. The van der Waals surface area contributed by atoms with Crippen LogP contribution in [0.5, 0.6) is 0 Å². The largest absolute Gasteiger partial charge is 0.389 e. The monoisotopic (exact) mass is 267 g/mol. The quantitative estimate of drug-likeness (QED) is 0.812. The molecule has 0 bridgehead atoms. The molecule has 1 aromatic heterocycles. The van der Waals surface area contributed by atoms with Gasteiger partial charge in [0.05, 0.1) is 11.9 Å². The number of aryl methyl sites for hydroxylation is 1. The average Bonchev–Trinajstić information content (AvgIpc) is 2.44. The highest BCUT2D eigenvalue weighted by atomic mass is 35.5. The van der Waals surface area contributed by atoms with Crippen LogP contribution in [0.25, 0.3) is 0 Å². The molecule has 92 valence electrons. The summed E-state index contributed by atoms with van der Waals surface area (Å²) in [6.45, 7) is 2.88. The number of hydrogen-bond acceptors (Lipinski definition) is 4. The van der Waals surface area contributed by atoms with E-state index in [9.17, 15) is 13.5 Å². The highest BCUT2D eigenvalue weighted by molar-refractivity contribution is 7.89. The molecule has 1 rings (SSSR count). The first kappa shape index (κ1) is 13.4. The Balaban J connectivity index is 2.92. The molecule has 8 heteroatoms. The molecule has 0 aliphatic rings. The number of halogens is 1. The second-order valence-electron chi connectivity index (χ2n) is 4.09. The first-order chi connectivity index (χ1) is 7.13. The van der Waals surface area contributed by atoms with Crippen molar-refractivity contribution in [3.63, 3.8) is 0 Å². The number of hydrogen-bond donors (Lipinski definition) is 2. The Labute approximate surface area is 99.3 Å². The third-order valence-corrected chi connectivity index (χ3v) is 3.67. The number of aliphatic hydroxyl groups is 1. The zero-order chi connectivity index (χ0) is 12.6. The second-order valence-corrected chi connectivity index (χ2v) is 6.13. The van der Waals surface area contributed by atoms with Crippen LogP contribution in [0, 0.1) is 0 Å². The van der Waals surface area contributed by atoms with E-state index in [2.05, 4.69) is 9.71 Å². The van der Waals surface area contributed by atoms with E-state index in [1.54, 1.807) is 7.05 Å². The summed E-state index contributed by atoms with van der Waals surface area (Å²) in [6, 6.07) is 0. The Hall–Kier alpha value is -0.630. The van der Waals surface area contributed by atoms with Crippen LogP contribution in [0.4, 0.5) is 0 Å². The summed E-state index contributed by atoms with van der Waals surface area (Å²) in [5.74, 6) is 0. The zero-order valence-electron chi connectivity index (χ0n) is 9.23. The van der Waals surface area contributed by atoms with Gasteiger partial charge in [-0.25, -0.2) is 18.1 Å². The van der Waals surface area contributed by atoms with Crippen molar-refractivity contribution in [1.82, 2.24) is 14.3 Å². The summed E-state index contributed by atoms with van der Waals surface area (Å²) in [5, 5.41) is 9.21. The Morgan fingerprint density at radius 1 is 1.62 bits per heavy atom. The van der Waals surface area contributed by atoms with Crippen molar-refractivity contribution in [3.8, 4) is 0 Å². The highest BCUT2D eigenvalue weighted by Crippen LogP contribution is 2.18. The SMILES string of the molecule is Cn1cnc(S(=O)(=O)NCC(C)(C)O)c1Cl. The van der Waals surface area contributed by atoms with E-state index in [0.717, 1.165) is 0 Å². The first-order valence-electron chi connectivity index (χ1n) is 4.52. The summed E-state index contributed by atoms with van der Waals surface area (Å²) < 4.78 is 27.1. The standard InChI is InChI=1S/C8H14ClN3O3S/c1-8(2,13)4-11-16(14,15)7-6(9)12(3)5-10-7/h5,11,13H,4H2,1-3H3. The van der Waals surface area contributed by atoms with Crippen LogP contribution in [0.3, 0.4) is 0 Å². The summed E-state index contributed by atoms with van der Waals surface area (Å²) in [5.41, 5.74) is -1.13. The smallest absolute Gasteiger partial charge is 0.261 e.